The molecule has 0 aliphatic heterocycles. The third kappa shape index (κ3) is 5.36. The molecule has 6 heteroatoms. The number of nitrogens with two attached hydrogens (primary N) is 1. The zero-order chi connectivity index (χ0) is 11.1. The Balaban J connectivity index is 3.58. The second kappa shape index (κ2) is 6.20. The maximum absolute atomic E-state index is 10.6. The number of nitrogens with one attached hydrogen (secondary N) is 2. The molecule has 0 aliphatic carbocycles. The van der Waals surface area contributed by atoms with E-state index in [1.807, 2.05) is 0 Å². The Morgan fingerprint density at radius 3 is 2.36 bits per heavy atom. The molecule has 5 N–H and O–H groups in total. The van der Waals surface area contributed by atoms with Gasteiger partial charge in [-0.3, -0.25) is 4.79 Å². The second-order valence-electron chi connectivity index (χ2n) is 3.16. The summed E-state index contributed by atoms with van der Waals surface area (Å²) in [5.41, 5.74) is 4.85. The van der Waals surface area contributed by atoms with Gasteiger partial charge in [0.25, 0.3) is 0 Å². The van der Waals surface area contributed by atoms with E-state index in [0.29, 0.717) is 13.1 Å². The molecule has 0 radical (unpaired) electrons. The number of carboxylic acid groups (broad SMARTS) is 1. The standard InChI is InChI=1S/C8H17N3O3/c1-5(7(12)13)6(2)10-3-4-11-8(9)14/h5-6,10H,3-4H2,1-2H3,(H,12,13)(H3,9,11,14). The highest BCUT2D eigenvalue weighted by molar-refractivity contribution is 5.71. The highest BCUT2D eigenvalue weighted by Crippen LogP contribution is 2.01. The van der Waals surface area contributed by atoms with Crippen LogP contribution in [0.2, 0.25) is 0 Å². The molecule has 82 valence electrons. The van der Waals surface area contributed by atoms with Gasteiger partial charge in [0.05, 0.1) is 5.92 Å². The van der Waals surface area contributed by atoms with Gasteiger partial charge in [-0.05, 0) is 6.92 Å². The van der Waals surface area contributed by atoms with Gasteiger partial charge in [0.15, 0.2) is 0 Å². The Kier molecular flexibility index (Phi) is 5.62. The summed E-state index contributed by atoms with van der Waals surface area (Å²) in [5.74, 6) is -1.29. The van der Waals surface area contributed by atoms with Gasteiger partial charge < -0.3 is 21.5 Å². The summed E-state index contributed by atoms with van der Waals surface area (Å²) in [4.78, 5) is 20.8. The van der Waals surface area contributed by atoms with Crippen molar-refractivity contribution in [2.75, 3.05) is 13.1 Å². The first kappa shape index (κ1) is 12.7. The van der Waals surface area contributed by atoms with E-state index >= 15 is 0 Å². The lowest BCUT2D eigenvalue weighted by Crippen LogP contribution is -2.41. The monoisotopic (exact) mass is 203 g/mol. The number of aliphatic carboxylic acids is 1. The number of carbonyl (C=O) groups is 2. The van der Waals surface area contributed by atoms with E-state index < -0.39 is 17.9 Å². The third-order valence-electron chi connectivity index (χ3n) is 2.03. The first-order valence-electron chi connectivity index (χ1n) is 4.44. The van der Waals surface area contributed by atoms with E-state index in [-0.39, 0.29) is 6.04 Å². The van der Waals surface area contributed by atoms with Crippen molar-refractivity contribution < 1.29 is 14.7 Å². The summed E-state index contributed by atoms with van der Waals surface area (Å²) in [6.45, 7) is 4.30. The maximum Gasteiger partial charge on any atom is 0.312 e. The molecule has 6 nitrogen and oxygen atoms in total. The number of carboxylic acids is 1. The van der Waals surface area contributed by atoms with Gasteiger partial charge in [-0.15, -0.1) is 0 Å². The van der Waals surface area contributed by atoms with Crippen molar-refractivity contribution in [2.24, 2.45) is 11.7 Å². The number of hydrogen-bond donors (Lipinski definition) is 4. The Hall–Kier alpha value is -1.30. The molecule has 0 aromatic heterocycles. The van der Waals surface area contributed by atoms with Crippen molar-refractivity contribution in [3.05, 3.63) is 0 Å². The molecule has 2 amide bonds. The summed E-state index contributed by atoms with van der Waals surface area (Å²) in [6.07, 6.45) is 0. The fourth-order valence-electron chi connectivity index (χ4n) is 0.876. The van der Waals surface area contributed by atoms with E-state index in [2.05, 4.69) is 10.6 Å². The highest BCUT2D eigenvalue weighted by atomic mass is 16.4. The Bertz CT molecular complexity index is 208. The number of rotatable bonds is 6. The van der Waals surface area contributed by atoms with Crippen molar-refractivity contribution in [2.45, 2.75) is 19.9 Å². The molecule has 0 aromatic rings. The van der Waals surface area contributed by atoms with E-state index in [1.165, 1.54) is 0 Å². The van der Waals surface area contributed by atoms with Crippen LogP contribution in [0.25, 0.3) is 0 Å². The molecule has 0 saturated heterocycles. The SMILES string of the molecule is CC(NCCNC(N)=O)C(C)C(=O)O. The van der Waals surface area contributed by atoms with Gasteiger partial charge in [0.2, 0.25) is 0 Å². The Labute approximate surface area is 82.9 Å². The van der Waals surface area contributed by atoms with Crippen LogP contribution in [-0.2, 0) is 4.79 Å². The predicted octanol–water partition coefficient (Wildman–Crippen LogP) is -0.646. The van der Waals surface area contributed by atoms with Gasteiger partial charge in [0, 0.05) is 19.1 Å². The van der Waals surface area contributed by atoms with Crippen LogP contribution in [0.4, 0.5) is 4.79 Å². The first-order valence-corrected chi connectivity index (χ1v) is 4.44. The zero-order valence-electron chi connectivity index (χ0n) is 8.41. The van der Waals surface area contributed by atoms with Gasteiger partial charge >= 0.3 is 12.0 Å². The van der Waals surface area contributed by atoms with Crippen molar-refractivity contribution in [1.82, 2.24) is 10.6 Å². The molecule has 0 rings (SSSR count). The quantitative estimate of drug-likeness (QED) is 0.431. The summed E-state index contributed by atoms with van der Waals surface area (Å²) >= 11 is 0. The minimum absolute atomic E-state index is 0.137. The molecule has 0 fully saturated rings. The topological polar surface area (TPSA) is 104 Å². The highest BCUT2D eigenvalue weighted by Gasteiger charge is 2.17. The lowest BCUT2D eigenvalue weighted by Gasteiger charge is -2.17. The summed E-state index contributed by atoms with van der Waals surface area (Å²) in [5, 5.41) is 14.0. The van der Waals surface area contributed by atoms with Crippen LogP contribution in [-0.4, -0.2) is 36.2 Å². The maximum atomic E-state index is 10.6. The summed E-state index contributed by atoms with van der Waals surface area (Å²) in [6, 6.07) is -0.715. The van der Waals surface area contributed by atoms with E-state index in [0.717, 1.165) is 0 Å². The first-order chi connectivity index (χ1) is 6.45. The fraction of sp³-hybridized carbons (Fsp3) is 0.750. The van der Waals surface area contributed by atoms with Crippen LogP contribution in [0, 0.1) is 5.92 Å². The van der Waals surface area contributed by atoms with Crippen molar-refractivity contribution in [3.63, 3.8) is 0 Å². The van der Waals surface area contributed by atoms with Crippen LogP contribution in [0.5, 0.6) is 0 Å². The smallest absolute Gasteiger partial charge is 0.312 e. The van der Waals surface area contributed by atoms with Crippen LogP contribution >= 0.6 is 0 Å². The van der Waals surface area contributed by atoms with Crippen molar-refractivity contribution >= 4 is 12.0 Å². The molecule has 14 heavy (non-hydrogen) atoms. The molecule has 0 spiro atoms. The number of amides is 2. The van der Waals surface area contributed by atoms with Gasteiger partial charge in [-0.2, -0.15) is 0 Å². The molecule has 0 aromatic carbocycles. The number of carbonyl (C=O) groups excluding carboxylic acids is 1. The fourth-order valence-corrected chi connectivity index (χ4v) is 0.876. The molecule has 0 saturated carbocycles. The number of hydrogen-bond acceptors (Lipinski definition) is 3. The van der Waals surface area contributed by atoms with Gasteiger partial charge in [0.1, 0.15) is 0 Å². The van der Waals surface area contributed by atoms with Gasteiger partial charge in [-0.25, -0.2) is 4.79 Å². The van der Waals surface area contributed by atoms with Crippen LogP contribution in [0.3, 0.4) is 0 Å². The molecule has 2 atom stereocenters. The van der Waals surface area contributed by atoms with Crippen LogP contribution in [0.1, 0.15) is 13.8 Å². The third-order valence-corrected chi connectivity index (χ3v) is 2.03. The van der Waals surface area contributed by atoms with E-state index in [1.54, 1.807) is 13.8 Å². The van der Waals surface area contributed by atoms with Crippen molar-refractivity contribution in [3.8, 4) is 0 Å². The van der Waals surface area contributed by atoms with Crippen molar-refractivity contribution in [1.29, 1.82) is 0 Å². The Morgan fingerprint density at radius 2 is 1.93 bits per heavy atom. The summed E-state index contributed by atoms with van der Waals surface area (Å²) in [7, 11) is 0. The minimum atomic E-state index is -0.840. The van der Waals surface area contributed by atoms with E-state index in [4.69, 9.17) is 10.8 Å². The zero-order valence-corrected chi connectivity index (χ0v) is 8.41. The molecule has 2 unspecified atom stereocenters. The molecular formula is C8H17N3O3. The lowest BCUT2D eigenvalue weighted by molar-refractivity contribution is -0.141. The summed E-state index contributed by atoms with van der Waals surface area (Å²) < 4.78 is 0. The normalized spacial score (nSPS) is 14.4. The Morgan fingerprint density at radius 1 is 1.36 bits per heavy atom. The van der Waals surface area contributed by atoms with E-state index in [9.17, 15) is 9.59 Å². The number of primary amides is 1. The molecule has 0 bridgehead atoms. The largest absolute Gasteiger partial charge is 0.481 e. The minimum Gasteiger partial charge on any atom is -0.481 e. The molecule has 0 heterocycles. The second-order valence-corrected chi connectivity index (χ2v) is 3.16. The predicted molar refractivity (Wildman–Crippen MR) is 51.9 cm³/mol. The molecule has 0 aliphatic rings. The van der Waals surface area contributed by atoms with Crippen LogP contribution in [0.15, 0.2) is 0 Å². The van der Waals surface area contributed by atoms with Gasteiger partial charge in [-0.1, -0.05) is 6.92 Å². The molecular weight excluding hydrogens is 186 g/mol. The van der Waals surface area contributed by atoms with Crippen LogP contribution < -0.4 is 16.4 Å². The average molecular weight is 203 g/mol. The average Bonchev–Trinajstić information content (AvgIpc) is 2.10. The number of urea groups is 1. The lowest BCUT2D eigenvalue weighted by atomic mass is 10.0.